The zero-order chi connectivity index (χ0) is 19.3. The fourth-order valence-electron chi connectivity index (χ4n) is 2.21. The molecule has 1 aromatic carbocycles. The highest BCUT2D eigenvalue weighted by Gasteiger charge is 2.24. The van der Waals surface area contributed by atoms with Gasteiger partial charge >= 0.3 is 0 Å². The Bertz CT molecular complexity index is 757. The molecule has 0 aliphatic carbocycles. The molecular weight excluding hydrogens is 354 g/mol. The fourth-order valence-corrected chi connectivity index (χ4v) is 3.21. The van der Waals surface area contributed by atoms with E-state index in [0.717, 1.165) is 5.56 Å². The minimum absolute atomic E-state index is 0.0896. The van der Waals surface area contributed by atoms with Crippen LogP contribution in [0.4, 0.5) is 0 Å². The number of carbonyl (C=O) groups is 1. The number of aromatic nitrogens is 4. The van der Waals surface area contributed by atoms with Crippen molar-refractivity contribution in [3.63, 3.8) is 0 Å². The Morgan fingerprint density at radius 1 is 1.27 bits per heavy atom. The van der Waals surface area contributed by atoms with Gasteiger partial charge in [-0.25, -0.2) is 4.68 Å². The average Bonchev–Trinajstić information content (AvgIpc) is 3.07. The Morgan fingerprint density at radius 2 is 1.96 bits per heavy atom. The topological polar surface area (TPSA) is 91.2 Å². The van der Waals surface area contributed by atoms with Crippen LogP contribution in [0, 0.1) is 0 Å². The number of carbonyl (C=O) groups excluding carboxylic acids is 1. The summed E-state index contributed by atoms with van der Waals surface area (Å²) in [7, 11) is 3.17. The molecule has 142 valence electrons. The SMILES string of the molecule is COc1ccc(CNC(=O)C(C)Sc2nnnn2C(C)(C)C)cc1OC. The van der Waals surface area contributed by atoms with E-state index in [4.69, 9.17) is 9.47 Å². The van der Waals surface area contributed by atoms with Crippen molar-refractivity contribution in [1.29, 1.82) is 0 Å². The van der Waals surface area contributed by atoms with Crippen LogP contribution in [-0.4, -0.2) is 45.6 Å². The van der Waals surface area contributed by atoms with Gasteiger partial charge in [0.25, 0.3) is 0 Å². The third kappa shape index (κ3) is 4.87. The van der Waals surface area contributed by atoms with E-state index in [9.17, 15) is 4.79 Å². The van der Waals surface area contributed by atoms with E-state index in [-0.39, 0.29) is 16.7 Å². The Labute approximate surface area is 157 Å². The van der Waals surface area contributed by atoms with Crippen LogP contribution >= 0.6 is 11.8 Å². The number of rotatable bonds is 7. The van der Waals surface area contributed by atoms with E-state index < -0.39 is 0 Å². The van der Waals surface area contributed by atoms with Crippen molar-refractivity contribution in [2.24, 2.45) is 0 Å². The predicted octanol–water partition coefficient (Wildman–Crippen LogP) is 2.24. The van der Waals surface area contributed by atoms with Crippen molar-refractivity contribution in [3.05, 3.63) is 23.8 Å². The van der Waals surface area contributed by atoms with E-state index >= 15 is 0 Å². The Hall–Kier alpha value is -2.29. The maximum Gasteiger partial charge on any atom is 0.233 e. The van der Waals surface area contributed by atoms with Crippen molar-refractivity contribution in [2.75, 3.05) is 14.2 Å². The van der Waals surface area contributed by atoms with Gasteiger partial charge in [0.2, 0.25) is 11.1 Å². The smallest absolute Gasteiger partial charge is 0.233 e. The lowest BCUT2D eigenvalue weighted by Gasteiger charge is -2.20. The Kier molecular flexibility index (Phi) is 6.47. The van der Waals surface area contributed by atoms with Gasteiger partial charge in [-0.05, 0) is 55.8 Å². The van der Waals surface area contributed by atoms with E-state index in [1.807, 2.05) is 45.9 Å². The molecule has 1 amide bonds. The van der Waals surface area contributed by atoms with Crippen molar-refractivity contribution in [2.45, 2.75) is 50.2 Å². The number of thioether (sulfide) groups is 1. The molecule has 1 atom stereocenters. The highest BCUT2D eigenvalue weighted by molar-refractivity contribution is 8.00. The molecule has 1 heterocycles. The normalized spacial score (nSPS) is 12.5. The summed E-state index contributed by atoms with van der Waals surface area (Å²) in [5.41, 5.74) is 0.675. The first-order valence-corrected chi connectivity index (χ1v) is 9.08. The van der Waals surface area contributed by atoms with E-state index in [1.54, 1.807) is 18.9 Å². The molecule has 0 saturated heterocycles. The number of hydrogen-bond acceptors (Lipinski definition) is 7. The standard InChI is InChI=1S/C17H25N5O3S/c1-11(26-16-19-20-21-22(16)17(2,3)4)15(23)18-10-12-7-8-13(24-5)14(9-12)25-6/h7-9,11H,10H2,1-6H3,(H,18,23). The van der Waals surface area contributed by atoms with Crippen molar-refractivity contribution in [1.82, 2.24) is 25.5 Å². The van der Waals surface area contributed by atoms with Gasteiger partial charge in [0.15, 0.2) is 11.5 Å². The minimum Gasteiger partial charge on any atom is -0.493 e. The van der Waals surface area contributed by atoms with Crippen LogP contribution in [0.25, 0.3) is 0 Å². The summed E-state index contributed by atoms with van der Waals surface area (Å²) < 4.78 is 12.2. The maximum atomic E-state index is 12.4. The summed E-state index contributed by atoms with van der Waals surface area (Å²) in [6.07, 6.45) is 0. The zero-order valence-corrected chi connectivity index (χ0v) is 16.8. The minimum atomic E-state index is -0.331. The first-order valence-electron chi connectivity index (χ1n) is 8.20. The molecule has 1 N–H and O–H groups in total. The molecule has 2 aromatic rings. The van der Waals surface area contributed by atoms with Gasteiger partial charge in [0.05, 0.1) is 25.0 Å². The third-order valence-electron chi connectivity index (χ3n) is 3.64. The maximum absolute atomic E-state index is 12.4. The van der Waals surface area contributed by atoms with Crippen molar-refractivity contribution < 1.29 is 14.3 Å². The van der Waals surface area contributed by atoms with Gasteiger partial charge in [0, 0.05) is 6.54 Å². The monoisotopic (exact) mass is 379 g/mol. The first kappa shape index (κ1) is 20.0. The lowest BCUT2D eigenvalue weighted by atomic mass is 10.1. The number of ether oxygens (including phenoxy) is 2. The van der Waals surface area contributed by atoms with Crippen LogP contribution in [-0.2, 0) is 16.9 Å². The second-order valence-corrected chi connectivity index (χ2v) is 8.02. The molecule has 0 fully saturated rings. The number of nitrogens with zero attached hydrogens (tertiary/aromatic N) is 4. The molecule has 0 aliphatic heterocycles. The van der Waals surface area contributed by atoms with Crippen LogP contribution in [0.15, 0.2) is 23.4 Å². The molecular formula is C17H25N5O3S. The quantitative estimate of drug-likeness (QED) is 0.738. The summed E-state index contributed by atoms with van der Waals surface area (Å²) in [4.78, 5) is 12.4. The van der Waals surface area contributed by atoms with Crippen LogP contribution in [0.2, 0.25) is 0 Å². The Balaban J connectivity index is 1.97. The molecule has 9 heteroatoms. The van der Waals surface area contributed by atoms with Gasteiger partial charge in [0.1, 0.15) is 0 Å². The van der Waals surface area contributed by atoms with E-state index in [1.165, 1.54) is 11.8 Å². The largest absolute Gasteiger partial charge is 0.493 e. The molecule has 8 nitrogen and oxygen atoms in total. The highest BCUT2D eigenvalue weighted by atomic mass is 32.2. The molecule has 0 bridgehead atoms. The lowest BCUT2D eigenvalue weighted by Crippen LogP contribution is -2.31. The van der Waals surface area contributed by atoms with Crippen molar-refractivity contribution in [3.8, 4) is 11.5 Å². The second kappa shape index (κ2) is 8.39. The predicted molar refractivity (Wildman–Crippen MR) is 99.5 cm³/mol. The van der Waals surface area contributed by atoms with Crippen LogP contribution in [0.5, 0.6) is 11.5 Å². The zero-order valence-electron chi connectivity index (χ0n) is 15.9. The average molecular weight is 379 g/mol. The second-order valence-electron chi connectivity index (χ2n) is 6.71. The molecule has 0 radical (unpaired) electrons. The summed E-state index contributed by atoms with van der Waals surface area (Å²) in [6, 6.07) is 5.55. The molecule has 0 aliphatic rings. The molecule has 26 heavy (non-hydrogen) atoms. The lowest BCUT2D eigenvalue weighted by molar-refractivity contribution is -0.120. The van der Waals surface area contributed by atoms with Crippen LogP contribution < -0.4 is 14.8 Å². The molecule has 0 spiro atoms. The van der Waals surface area contributed by atoms with E-state index in [0.29, 0.717) is 23.2 Å². The van der Waals surface area contributed by atoms with Gasteiger partial charge in [-0.2, -0.15) is 0 Å². The molecule has 1 unspecified atom stereocenters. The van der Waals surface area contributed by atoms with E-state index in [2.05, 4.69) is 20.8 Å². The summed E-state index contributed by atoms with van der Waals surface area (Å²) in [6.45, 7) is 8.25. The van der Waals surface area contributed by atoms with Gasteiger partial charge in [-0.1, -0.05) is 17.8 Å². The summed E-state index contributed by atoms with van der Waals surface area (Å²) in [5, 5.41) is 15.0. The first-order chi connectivity index (χ1) is 12.3. The summed E-state index contributed by atoms with van der Waals surface area (Å²) >= 11 is 1.33. The summed E-state index contributed by atoms with van der Waals surface area (Å²) in [5.74, 6) is 1.19. The number of benzene rings is 1. The van der Waals surface area contributed by atoms with Gasteiger partial charge in [-0.3, -0.25) is 4.79 Å². The number of hydrogen-bond donors (Lipinski definition) is 1. The number of methoxy groups -OCH3 is 2. The van der Waals surface area contributed by atoms with Gasteiger partial charge < -0.3 is 14.8 Å². The number of amides is 1. The molecule has 1 aromatic heterocycles. The highest BCUT2D eigenvalue weighted by Crippen LogP contribution is 2.28. The van der Waals surface area contributed by atoms with Crippen LogP contribution in [0.3, 0.4) is 0 Å². The van der Waals surface area contributed by atoms with Crippen molar-refractivity contribution >= 4 is 17.7 Å². The number of tetrazole rings is 1. The third-order valence-corrected chi connectivity index (χ3v) is 4.68. The van der Waals surface area contributed by atoms with Gasteiger partial charge in [-0.15, -0.1) is 5.10 Å². The van der Waals surface area contributed by atoms with Crippen LogP contribution in [0.1, 0.15) is 33.3 Å². The fraction of sp³-hybridized carbons (Fsp3) is 0.529. The number of nitrogens with one attached hydrogen (secondary N) is 1. The Morgan fingerprint density at radius 3 is 2.58 bits per heavy atom. The molecule has 2 rings (SSSR count). The molecule has 0 saturated carbocycles.